The van der Waals surface area contributed by atoms with Gasteiger partial charge >= 0.3 is 10.5 Å². The second-order valence-corrected chi connectivity index (χ2v) is 5.31. The minimum absolute atomic E-state index is 0.126. The number of benzene rings is 2. The Morgan fingerprint density at radius 3 is 2.74 bits per heavy atom. The lowest BCUT2D eigenvalue weighted by Gasteiger charge is -2.01. The minimum Gasteiger partial charge on any atom is -0.422 e. The van der Waals surface area contributed by atoms with Gasteiger partial charge in [0.2, 0.25) is 0 Å². The molecule has 0 unspecified atom stereocenters. The van der Waals surface area contributed by atoms with Crippen LogP contribution in [0.3, 0.4) is 0 Å². The predicted molar refractivity (Wildman–Crippen MR) is 76.0 cm³/mol. The summed E-state index contributed by atoms with van der Waals surface area (Å²) in [6, 6.07) is 10.9. The van der Waals surface area contributed by atoms with Crippen molar-refractivity contribution in [2.75, 3.05) is 0 Å². The van der Waals surface area contributed by atoms with Crippen molar-refractivity contribution in [2.24, 2.45) is 0 Å². The van der Waals surface area contributed by atoms with Gasteiger partial charge in [-0.15, -0.1) is 0 Å². The Morgan fingerprint density at radius 2 is 1.84 bits per heavy atom. The molecule has 0 aliphatic heterocycles. The van der Waals surface area contributed by atoms with Gasteiger partial charge in [-0.25, -0.2) is 4.79 Å². The first-order valence-electron chi connectivity index (χ1n) is 5.71. The zero-order valence-electron chi connectivity index (χ0n) is 9.60. The molecule has 2 aromatic heterocycles. The van der Waals surface area contributed by atoms with Crippen molar-refractivity contribution in [1.29, 1.82) is 0 Å². The van der Waals surface area contributed by atoms with Crippen LogP contribution < -0.4 is 10.5 Å². The summed E-state index contributed by atoms with van der Waals surface area (Å²) in [5.74, 6) is 0. The lowest BCUT2D eigenvalue weighted by molar-refractivity contribution is 0.570. The molecule has 92 valence electrons. The van der Waals surface area contributed by atoms with Gasteiger partial charge in [0, 0.05) is 10.8 Å². The molecule has 0 bridgehead atoms. The fourth-order valence-corrected chi connectivity index (χ4v) is 3.08. The third-order valence-corrected chi connectivity index (χ3v) is 4.00. The quantitative estimate of drug-likeness (QED) is 0.394. The number of hydrogen-bond acceptors (Lipinski definition) is 4. The van der Waals surface area contributed by atoms with Crippen LogP contribution in [0, 0.1) is 0 Å². The lowest BCUT2D eigenvalue weighted by atomic mass is 10.1. The molecule has 19 heavy (non-hydrogen) atoms. The number of H-pyrrole nitrogens is 1. The lowest BCUT2D eigenvalue weighted by Crippen LogP contribution is -1.99. The molecule has 4 rings (SSSR count). The summed E-state index contributed by atoms with van der Waals surface area (Å²) >= 11 is 1.14. The normalized spacial score (nSPS) is 11.6. The van der Waals surface area contributed by atoms with Gasteiger partial charge in [-0.2, -0.15) is 0 Å². The Kier molecular flexibility index (Phi) is 1.97. The van der Waals surface area contributed by atoms with E-state index in [9.17, 15) is 9.59 Å². The standard InChI is InChI=1S/C14H7NO3S/c16-13-9-5-10-12(19-14(17)15-10)6-8(9)7-3-1-2-4-11(7)18-13/h1-6H,(H,15,17). The van der Waals surface area contributed by atoms with E-state index < -0.39 is 0 Å². The number of hydrogen-bond donors (Lipinski definition) is 1. The van der Waals surface area contributed by atoms with E-state index in [0.29, 0.717) is 16.5 Å². The maximum atomic E-state index is 12.0. The molecule has 0 aliphatic carbocycles. The average molecular weight is 269 g/mol. The van der Waals surface area contributed by atoms with E-state index in [-0.39, 0.29) is 10.5 Å². The molecule has 4 nitrogen and oxygen atoms in total. The Bertz CT molecular complexity index is 1060. The van der Waals surface area contributed by atoms with Crippen molar-refractivity contribution in [3.63, 3.8) is 0 Å². The Morgan fingerprint density at radius 1 is 1.00 bits per heavy atom. The number of fused-ring (bicyclic) bond motifs is 4. The second-order valence-electron chi connectivity index (χ2n) is 4.29. The third-order valence-electron chi connectivity index (χ3n) is 3.16. The van der Waals surface area contributed by atoms with Gasteiger partial charge in [0.15, 0.2) is 0 Å². The van der Waals surface area contributed by atoms with Crippen LogP contribution in [-0.4, -0.2) is 4.98 Å². The van der Waals surface area contributed by atoms with Gasteiger partial charge in [0.1, 0.15) is 5.58 Å². The summed E-state index contributed by atoms with van der Waals surface area (Å²) in [4.78, 5) is 25.9. The first kappa shape index (κ1) is 10.5. The fourth-order valence-electron chi connectivity index (χ4n) is 2.32. The number of aromatic amines is 1. The molecule has 2 heterocycles. The summed E-state index contributed by atoms with van der Waals surface area (Å²) in [6.07, 6.45) is 0. The number of thiazole rings is 1. The van der Waals surface area contributed by atoms with Gasteiger partial charge in [-0.1, -0.05) is 29.5 Å². The van der Waals surface area contributed by atoms with Crippen LogP contribution in [0.1, 0.15) is 0 Å². The number of nitrogens with one attached hydrogen (secondary N) is 1. The van der Waals surface area contributed by atoms with E-state index in [1.807, 2.05) is 24.3 Å². The second kappa shape index (κ2) is 3.55. The van der Waals surface area contributed by atoms with Gasteiger partial charge in [0.05, 0.1) is 15.6 Å². The molecular weight excluding hydrogens is 262 g/mol. The molecule has 0 amide bonds. The summed E-state index contributed by atoms with van der Waals surface area (Å²) in [6.45, 7) is 0. The van der Waals surface area contributed by atoms with Gasteiger partial charge < -0.3 is 9.40 Å². The molecule has 0 spiro atoms. The summed E-state index contributed by atoms with van der Waals surface area (Å²) in [7, 11) is 0. The first-order chi connectivity index (χ1) is 9.22. The smallest absolute Gasteiger partial charge is 0.344 e. The summed E-state index contributed by atoms with van der Waals surface area (Å²) in [5, 5.41) is 2.18. The average Bonchev–Trinajstić information content (AvgIpc) is 2.76. The van der Waals surface area contributed by atoms with Crippen LogP contribution in [0.2, 0.25) is 0 Å². The molecule has 4 aromatic rings. The molecule has 0 fully saturated rings. The van der Waals surface area contributed by atoms with Crippen LogP contribution in [-0.2, 0) is 0 Å². The molecule has 0 radical (unpaired) electrons. The summed E-state index contributed by atoms with van der Waals surface area (Å²) < 4.78 is 6.13. The van der Waals surface area contributed by atoms with Gasteiger partial charge in [0.25, 0.3) is 0 Å². The zero-order valence-corrected chi connectivity index (χ0v) is 10.4. The molecule has 1 N–H and O–H groups in total. The van der Waals surface area contributed by atoms with Crippen molar-refractivity contribution in [3.05, 3.63) is 56.5 Å². The Balaban J connectivity index is 2.36. The van der Waals surface area contributed by atoms with Crippen molar-refractivity contribution in [1.82, 2.24) is 4.98 Å². The molecule has 5 heteroatoms. The zero-order chi connectivity index (χ0) is 13.0. The SMILES string of the molecule is O=c1[nH]c2cc3c(=O)oc4ccccc4c3cc2s1. The van der Waals surface area contributed by atoms with Crippen LogP contribution >= 0.6 is 11.3 Å². The van der Waals surface area contributed by atoms with E-state index in [0.717, 1.165) is 26.8 Å². The van der Waals surface area contributed by atoms with Crippen LogP contribution in [0.25, 0.3) is 32.0 Å². The highest BCUT2D eigenvalue weighted by Crippen LogP contribution is 2.27. The third kappa shape index (κ3) is 1.45. The van der Waals surface area contributed by atoms with Crippen molar-refractivity contribution < 1.29 is 4.42 Å². The van der Waals surface area contributed by atoms with Crippen molar-refractivity contribution in [2.45, 2.75) is 0 Å². The first-order valence-corrected chi connectivity index (χ1v) is 6.52. The van der Waals surface area contributed by atoms with Gasteiger partial charge in [-0.05, 0) is 18.2 Å². The largest absolute Gasteiger partial charge is 0.422 e. The monoisotopic (exact) mass is 269 g/mol. The minimum atomic E-state index is -0.386. The molecule has 0 atom stereocenters. The van der Waals surface area contributed by atoms with Crippen LogP contribution in [0.5, 0.6) is 0 Å². The highest BCUT2D eigenvalue weighted by molar-refractivity contribution is 7.16. The van der Waals surface area contributed by atoms with Gasteiger partial charge in [-0.3, -0.25) is 4.79 Å². The van der Waals surface area contributed by atoms with E-state index in [4.69, 9.17) is 4.42 Å². The topological polar surface area (TPSA) is 63.1 Å². The van der Waals surface area contributed by atoms with E-state index in [2.05, 4.69) is 4.98 Å². The number of para-hydroxylation sites is 1. The summed E-state index contributed by atoms with van der Waals surface area (Å²) in [5.41, 5.74) is 0.843. The maximum absolute atomic E-state index is 12.0. The highest BCUT2D eigenvalue weighted by Gasteiger charge is 2.09. The van der Waals surface area contributed by atoms with Crippen LogP contribution in [0.4, 0.5) is 0 Å². The maximum Gasteiger partial charge on any atom is 0.344 e. The molecule has 0 saturated heterocycles. The van der Waals surface area contributed by atoms with E-state index in [1.165, 1.54) is 0 Å². The highest BCUT2D eigenvalue weighted by atomic mass is 32.1. The molecule has 0 aliphatic rings. The predicted octanol–water partition coefficient (Wildman–Crippen LogP) is 2.85. The van der Waals surface area contributed by atoms with Crippen LogP contribution in [0.15, 0.2) is 50.4 Å². The molecular formula is C14H7NO3S. The molecule has 2 aromatic carbocycles. The fraction of sp³-hybridized carbons (Fsp3) is 0. The number of rotatable bonds is 0. The number of aromatic nitrogens is 1. The van der Waals surface area contributed by atoms with Crippen molar-refractivity contribution in [3.8, 4) is 0 Å². The van der Waals surface area contributed by atoms with Crippen molar-refractivity contribution >= 4 is 43.3 Å². The molecule has 0 saturated carbocycles. The van der Waals surface area contributed by atoms with E-state index in [1.54, 1.807) is 12.1 Å². The Labute approximate surface area is 109 Å². The Hall–Kier alpha value is -2.40. The van der Waals surface area contributed by atoms with E-state index >= 15 is 0 Å².